The Bertz CT molecular complexity index is 150. The smallest absolute Gasteiger partial charge is 0.222 e. The minimum absolute atomic E-state index is 0.0800. The maximum atomic E-state index is 11.4. The highest BCUT2D eigenvalue weighted by Crippen LogP contribution is 2.04. The van der Waals surface area contributed by atoms with Gasteiger partial charge in [-0.05, 0) is 38.8 Å². The van der Waals surface area contributed by atoms with E-state index >= 15 is 0 Å². The monoisotopic (exact) mass is 201 g/mol. The van der Waals surface area contributed by atoms with E-state index in [2.05, 4.69) is 5.32 Å². The molecule has 0 aliphatic heterocycles. The third kappa shape index (κ3) is 6.86. The molecule has 0 aromatic heterocycles. The fraction of sp³-hybridized carbons (Fsp3) is 0.900. The van der Waals surface area contributed by atoms with Gasteiger partial charge in [-0.3, -0.25) is 4.79 Å². The van der Waals surface area contributed by atoms with Gasteiger partial charge in [-0.15, -0.1) is 0 Å². The molecule has 0 aliphatic rings. The molecule has 1 amide bonds. The number of carbonyl (C=O) groups excluding carboxylic acids is 1. The number of carbonyl (C=O) groups is 1. The molecule has 4 nitrogen and oxygen atoms in total. The Morgan fingerprint density at radius 3 is 2.43 bits per heavy atom. The molecule has 1 atom stereocenters. The van der Waals surface area contributed by atoms with Crippen LogP contribution in [0.25, 0.3) is 0 Å². The van der Waals surface area contributed by atoms with Crippen LogP contribution >= 0.6 is 0 Å². The molecular formula is C10H23N3O. The normalized spacial score (nSPS) is 12.5. The van der Waals surface area contributed by atoms with E-state index in [1.807, 2.05) is 6.92 Å². The molecule has 0 saturated heterocycles. The van der Waals surface area contributed by atoms with Gasteiger partial charge >= 0.3 is 0 Å². The van der Waals surface area contributed by atoms with Gasteiger partial charge in [0.1, 0.15) is 0 Å². The van der Waals surface area contributed by atoms with E-state index in [-0.39, 0.29) is 11.8 Å². The summed E-state index contributed by atoms with van der Waals surface area (Å²) >= 11 is 0. The lowest BCUT2D eigenvalue weighted by Crippen LogP contribution is -2.30. The first-order valence-corrected chi connectivity index (χ1v) is 5.40. The molecule has 0 saturated carbocycles. The lowest BCUT2D eigenvalue weighted by atomic mass is 10.1. The van der Waals surface area contributed by atoms with Crippen molar-refractivity contribution in [2.24, 2.45) is 17.4 Å². The van der Waals surface area contributed by atoms with E-state index in [0.717, 1.165) is 32.2 Å². The van der Waals surface area contributed by atoms with Crippen LogP contribution in [-0.4, -0.2) is 25.5 Å². The zero-order chi connectivity index (χ0) is 10.8. The quantitative estimate of drug-likeness (QED) is 0.491. The molecule has 0 rings (SSSR count). The molecule has 0 aromatic rings. The molecule has 1 unspecified atom stereocenters. The largest absolute Gasteiger partial charge is 0.356 e. The fourth-order valence-corrected chi connectivity index (χ4v) is 1.21. The van der Waals surface area contributed by atoms with E-state index in [9.17, 15) is 4.79 Å². The third-order valence-corrected chi connectivity index (χ3v) is 2.22. The Morgan fingerprint density at radius 2 is 1.86 bits per heavy atom. The summed E-state index contributed by atoms with van der Waals surface area (Å²) in [6.45, 7) is 4.03. The van der Waals surface area contributed by atoms with Gasteiger partial charge in [0.25, 0.3) is 0 Å². The summed E-state index contributed by atoms with van der Waals surface area (Å²) in [5.41, 5.74) is 10.7. The Labute approximate surface area is 86.4 Å². The van der Waals surface area contributed by atoms with Gasteiger partial charge in [-0.1, -0.05) is 6.92 Å². The van der Waals surface area contributed by atoms with E-state index in [1.165, 1.54) is 0 Å². The highest BCUT2D eigenvalue weighted by molar-refractivity contribution is 5.78. The van der Waals surface area contributed by atoms with Crippen molar-refractivity contribution in [3.8, 4) is 0 Å². The predicted molar refractivity (Wildman–Crippen MR) is 58.8 cm³/mol. The van der Waals surface area contributed by atoms with E-state index in [0.29, 0.717) is 13.1 Å². The second-order valence-electron chi connectivity index (χ2n) is 3.62. The number of rotatable bonds is 8. The molecule has 4 heteroatoms. The summed E-state index contributed by atoms with van der Waals surface area (Å²) in [4.78, 5) is 11.4. The van der Waals surface area contributed by atoms with Crippen LogP contribution in [0.5, 0.6) is 0 Å². The molecule has 0 aliphatic carbocycles. The van der Waals surface area contributed by atoms with Crippen LogP contribution in [0.3, 0.4) is 0 Å². The van der Waals surface area contributed by atoms with Crippen LogP contribution in [0.2, 0.25) is 0 Å². The zero-order valence-electron chi connectivity index (χ0n) is 9.09. The van der Waals surface area contributed by atoms with Crippen LogP contribution < -0.4 is 16.8 Å². The summed E-state index contributed by atoms with van der Waals surface area (Å²) < 4.78 is 0. The molecule has 14 heavy (non-hydrogen) atoms. The molecule has 0 radical (unpaired) electrons. The summed E-state index contributed by atoms with van der Waals surface area (Å²) in [5.74, 6) is 0.215. The molecule has 0 fully saturated rings. The van der Waals surface area contributed by atoms with Crippen molar-refractivity contribution >= 4 is 5.91 Å². The molecule has 5 N–H and O–H groups in total. The maximum Gasteiger partial charge on any atom is 0.222 e. The van der Waals surface area contributed by atoms with Gasteiger partial charge in [-0.25, -0.2) is 0 Å². The van der Waals surface area contributed by atoms with Gasteiger partial charge in [-0.2, -0.15) is 0 Å². The summed E-state index contributed by atoms with van der Waals surface area (Å²) in [6, 6.07) is 0. The van der Waals surface area contributed by atoms with Gasteiger partial charge in [0.05, 0.1) is 0 Å². The lowest BCUT2D eigenvalue weighted by molar-refractivity contribution is -0.124. The van der Waals surface area contributed by atoms with Crippen molar-refractivity contribution in [1.29, 1.82) is 0 Å². The first kappa shape index (κ1) is 13.4. The van der Waals surface area contributed by atoms with E-state index in [1.54, 1.807) is 0 Å². The zero-order valence-corrected chi connectivity index (χ0v) is 9.09. The van der Waals surface area contributed by atoms with Crippen LogP contribution in [0, 0.1) is 5.92 Å². The number of hydrogen-bond donors (Lipinski definition) is 3. The standard InChI is InChI=1S/C10H23N3O/c1-9(5-4-7-12)10(14)13-8-3-2-6-11/h9H,2-8,11-12H2,1H3,(H,13,14). The number of hydrogen-bond acceptors (Lipinski definition) is 3. The molecular weight excluding hydrogens is 178 g/mol. The maximum absolute atomic E-state index is 11.4. The number of unbranched alkanes of at least 4 members (excludes halogenated alkanes) is 1. The first-order chi connectivity index (χ1) is 6.72. The molecule has 84 valence electrons. The second-order valence-corrected chi connectivity index (χ2v) is 3.62. The van der Waals surface area contributed by atoms with Crippen molar-refractivity contribution in [2.45, 2.75) is 32.6 Å². The van der Waals surface area contributed by atoms with Crippen molar-refractivity contribution in [3.05, 3.63) is 0 Å². The van der Waals surface area contributed by atoms with E-state index < -0.39 is 0 Å². The van der Waals surface area contributed by atoms with Crippen molar-refractivity contribution < 1.29 is 4.79 Å². The Morgan fingerprint density at radius 1 is 1.21 bits per heavy atom. The van der Waals surface area contributed by atoms with Crippen molar-refractivity contribution in [2.75, 3.05) is 19.6 Å². The highest BCUT2D eigenvalue weighted by atomic mass is 16.1. The molecule has 0 spiro atoms. The summed E-state index contributed by atoms with van der Waals surface area (Å²) in [5, 5.41) is 2.89. The average Bonchev–Trinajstić information content (AvgIpc) is 2.20. The number of nitrogens with two attached hydrogens (primary N) is 2. The third-order valence-electron chi connectivity index (χ3n) is 2.22. The van der Waals surface area contributed by atoms with Crippen LogP contribution in [-0.2, 0) is 4.79 Å². The fourth-order valence-electron chi connectivity index (χ4n) is 1.21. The predicted octanol–water partition coefficient (Wildman–Crippen LogP) is 0.217. The van der Waals surface area contributed by atoms with E-state index in [4.69, 9.17) is 11.5 Å². The Hall–Kier alpha value is -0.610. The topological polar surface area (TPSA) is 81.1 Å². The number of amides is 1. The first-order valence-electron chi connectivity index (χ1n) is 5.40. The van der Waals surface area contributed by atoms with Crippen LogP contribution in [0.1, 0.15) is 32.6 Å². The lowest BCUT2D eigenvalue weighted by Gasteiger charge is -2.11. The Balaban J connectivity index is 3.42. The molecule has 0 bridgehead atoms. The van der Waals surface area contributed by atoms with Gasteiger partial charge in [0.15, 0.2) is 0 Å². The molecule has 0 aromatic carbocycles. The van der Waals surface area contributed by atoms with Gasteiger partial charge < -0.3 is 16.8 Å². The second kappa shape index (κ2) is 8.97. The minimum Gasteiger partial charge on any atom is -0.356 e. The SMILES string of the molecule is CC(CCCN)C(=O)NCCCCN. The highest BCUT2D eigenvalue weighted by Gasteiger charge is 2.10. The summed E-state index contributed by atoms with van der Waals surface area (Å²) in [6.07, 6.45) is 3.72. The summed E-state index contributed by atoms with van der Waals surface area (Å²) in [7, 11) is 0. The van der Waals surface area contributed by atoms with Gasteiger partial charge in [0, 0.05) is 12.5 Å². The molecule has 0 heterocycles. The van der Waals surface area contributed by atoms with Crippen LogP contribution in [0.4, 0.5) is 0 Å². The van der Waals surface area contributed by atoms with Crippen molar-refractivity contribution in [3.63, 3.8) is 0 Å². The van der Waals surface area contributed by atoms with Crippen LogP contribution in [0.15, 0.2) is 0 Å². The number of nitrogens with one attached hydrogen (secondary N) is 1. The van der Waals surface area contributed by atoms with Crippen molar-refractivity contribution in [1.82, 2.24) is 5.32 Å². The average molecular weight is 201 g/mol. The van der Waals surface area contributed by atoms with Gasteiger partial charge in [0.2, 0.25) is 5.91 Å². The minimum atomic E-state index is 0.0800. The Kier molecular flexibility index (Phi) is 8.57.